The van der Waals surface area contributed by atoms with Gasteiger partial charge in [-0.2, -0.15) is 0 Å². The van der Waals surface area contributed by atoms with Crippen molar-refractivity contribution in [1.29, 1.82) is 0 Å². The lowest BCUT2D eigenvalue weighted by Gasteiger charge is -2.21. The van der Waals surface area contributed by atoms with Crippen molar-refractivity contribution >= 4 is 0 Å². The molecular weight excluding hydrogens is 192 g/mol. The summed E-state index contributed by atoms with van der Waals surface area (Å²) in [6.07, 6.45) is -0.859. The second-order valence-corrected chi connectivity index (χ2v) is 3.84. The first kappa shape index (κ1) is 15.2. The normalized spacial score (nSPS) is 12.4. The van der Waals surface area contributed by atoms with Crippen LogP contribution in [0.5, 0.6) is 0 Å². The van der Waals surface area contributed by atoms with Crippen LogP contribution in [-0.4, -0.2) is 34.6 Å². The van der Waals surface area contributed by atoms with E-state index in [0.29, 0.717) is 0 Å². The highest BCUT2D eigenvalue weighted by atomic mass is 16.6. The van der Waals surface area contributed by atoms with E-state index in [0.717, 1.165) is 7.05 Å². The number of hydrogen-bond donors (Lipinski definition) is 1. The smallest absolute Gasteiger partial charge is 0.229 e. The Morgan fingerprint density at radius 1 is 1.29 bits per heavy atom. The van der Waals surface area contributed by atoms with E-state index in [1.807, 2.05) is 0 Å². The molecule has 0 heterocycles. The molecule has 0 aromatic carbocycles. The molecule has 0 amide bonds. The molecule has 7 nitrogen and oxygen atoms in total. The van der Waals surface area contributed by atoms with Crippen molar-refractivity contribution in [2.45, 2.75) is 26.9 Å². The fraction of sp³-hybridized carbons (Fsp3) is 1.00. The maximum absolute atomic E-state index is 9.90. The van der Waals surface area contributed by atoms with Crippen LogP contribution < -0.4 is 0 Å². The minimum absolute atomic E-state index is 0.372. The van der Waals surface area contributed by atoms with Crippen molar-refractivity contribution in [3.63, 3.8) is 0 Å². The molecule has 84 valence electrons. The molecule has 14 heavy (non-hydrogen) atoms. The summed E-state index contributed by atoms with van der Waals surface area (Å²) in [5, 5.41) is 27.8. The fourth-order valence-electron chi connectivity index (χ4n) is 0.415. The maximum Gasteiger partial charge on any atom is 0.229 e. The Kier molecular flexibility index (Phi) is 6.80. The Labute approximate surface area is 82.0 Å². The molecule has 0 spiro atoms. The molecule has 0 aliphatic rings. The van der Waals surface area contributed by atoms with Crippen molar-refractivity contribution in [3.05, 3.63) is 20.2 Å². The van der Waals surface area contributed by atoms with Crippen molar-refractivity contribution in [2.75, 3.05) is 13.6 Å². The lowest BCUT2D eigenvalue weighted by molar-refractivity contribution is -0.493. The quantitative estimate of drug-likeness (QED) is 0.527. The van der Waals surface area contributed by atoms with Crippen LogP contribution in [0, 0.1) is 25.6 Å². The van der Waals surface area contributed by atoms with Gasteiger partial charge in [-0.3, -0.25) is 20.2 Å². The summed E-state index contributed by atoms with van der Waals surface area (Å²) in [4.78, 5) is 17.7. The van der Waals surface area contributed by atoms with E-state index >= 15 is 0 Å². The van der Waals surface area contributed by atoms with E-state index in [2.05, 4.69) is 0 Å². The first-order valence-corrected chi connectivity index (χ1v) is 3.95. The lowest BCUT2D eigenvalue weighted by atomic mass is 9.89. The van der Waals surface area contributed by atoms with Gasteiger partial charge in [-0.05, 0) is 5.41 Å². The third-order valence-electron chi connectivity index (χ3n) is 1.32. The summed E-state index contributed by atoms with van der Waals surface area (Å²) in [5.41, 5.74) is -0.396. The van der Waals surface area contributed by atoms with Gasteiger partial charge in [0.25, 0.3) is 0 Å². The highest BCUT2D eigenvalue weighted by Crippen LogP contribution is 2.18. The average molecular weight is 208 g/mol. The van der Waals surface area contributed by atoms with Gasteiger partial charge in [0.1, 0.15) is 6.10 Å². The van der Waals surface area contributed by atoms with Crippen LogP contribution in [-0.2, 0) is 0 Å². The molecule has 0 saturated heterocycles. The number of nitro groups is 2. The van der Waals surface area contributed by atoms with Crippen LogP contribution in [0.2, 0.25) is 0 Å². The van der Waals surface area contributed by atoms with Gasteiger partial charge in [0.15, 0.2) is 7.05 Å². The first-order valence-electron chi connectivity index (χ1n) is 3.95. The Balaban J connectivity index is 0. The van der Waals surface area contributed by atoms with Gasteiger partial charge in [-0.25, -0.2) is 0 Å². The molecule has 0 rings (SSSR count). The van der Waals surface area contributed by atoms with Crippen LogP contribution >= 0.6 is 0 Å². The molecule has 1 atom stereocenters. The Bertz CT molecular complexity index is 195. The summed E-state index contributed by atoms with van der Waals surface area (Å²) in [6, 6.07) is 0. The van der Waals surface area contributed by atoms with Gasteiger partial charge in [0.2, 0.25) is 6.54 Å². The number of aliphatic hydroxyl groups excluding tert-OH is 1. The van der Waals surface area contributed by atoms with Crippen molar-refractivity contribution in [3.8, 4) is 0 Å². The zero-order valence-electron chi connectivity index (χ0n) is 8.76. The molecule has 0 saturated carbocycles. The van der Waals surface area contributed by atoms with Gasteiger partial charge in [-0.1, -0.05) is 20.8 Å². The van der Waals surface area contributed by atoms with Gasteiger partial charge in [0.05, 0.1) is 0 Å². The van der Waals surface area contributed by atoms with E-state index in [9.17, 15) is 10.1 Å². The SMILES string of the molecule is CC(C)(C)C(O)C[N+](=O)[O-].C[N+](=O)[O-]. The molecule has 0 bridgehead atoms. The molecule has 1 unspecified atom stereocenters. The zero-order chi connectivity index (χ0) is 11.9. The van der Waals surface area contributed by atoms with Crippen LogP contribution in [0.15, 0.2) is 0 Å². The first-order chi connectivity index (χ1) is 6.07. The van der Waals surface area contributed by atoms with Crippen molar-refractivity contribution < 1.29 is 15.0 Å². The van der Waals surface area contributed by atoms with Gasteiger partial charge >= 0.3 is 0 Å². The topological polar surface area (TPSA) is 107 Å². The predicted octanol–water partition coefficient (Wildman–Crippen LogP) is 0.563. The molecule has 0 aromatic heterocycles. The van der Waals surface area contributed by atoms with Crippen LogP contribution in [0.3, 0.4) is 0 Å². The van der Waals surface area contributed by atoms with Gasteiger partial charge in [-0.15, -0.1) is 0 Å². The number of hydrogen-bond acceptors (Lipinski definition) is 5. The fourth-order valence-corrected chi connectivity index (χ4v) is 0.415. The maximum atomic E-state index is 9.90. The molecule has 1 N–H and O–H groups in total. The van der Waals surface area contributed by atoms with E-state index in [1.165, 1.54) is 0 Å². The highest BCUT2D eigenvalue weighted by Gasteiger charge is 2.26. The summed E-state index contributed by atoms with van der Waals surface area (Å²) in [7, 11) is 0.889. The molecule has 0 aliphatic heterocycles. The zero-order valence-corrected chi connectivity index (χ0v) is 8.76. The molecule has 0 aliphatic carbocycles. The van der Waals surface area contributed by atoms with E-state index in [4.69, 9.17) is 15.2 Å². The van der Waals surface area contributed by atoms with Crippen molar-refractivity contribution in [2.24, 2.45) is 5.41 Å². The third-order valence-corrected chi connectivity index (χ3v) is 1.32. The Morgan fingerprint density at radius 3 is 1.64 bits per heavy atom. The van der Waals surface area contributed by atoms with E-state index in [-0.39, 0.29) is 6.54 Å². The number of rotatable bonds is 2. The second kappa shape index (κ2) is 6.25. The average Bonchev–Trinajstić information content (AvgIpc) is 1.81. The molecule has 0 aromatic rings. The van der Waals surface area contributed by atoms with Crippen LogP contribution in [0.4, 0.5) is 0 Å². The van der Waals surface area contributed by atoms with E-state index in [1.54, 1.807) is 20.8 Å². The second-order valence-electron chi connectivity index (χ2n) is 3.84. The summed E-state index contributed by atoms with van der Waals surface area (Å²) >= 11 is 0. The highest BCUT2D eigenvalue weighted by molar-refractivity contribution is 4.71. The van der Waals surface area contributed by atoms with Crippen LogP contribution in [0.1, 0.15) is 20.8 Å². The molecule has 7 heteroatoms. The number of aliphatic hydroxyl groups is 1. The van der Waals surface area contributed by atoms with Gasteiger partial charge in [0, 0.05) is 9.85 Å². The Hall–Kier alpha value is -1.24. The molecule has 0 fully saturated rings. The van der Waals surface area contributed by atoms with Crippen LogP contribution in [0.25, 0.3) is 0 Å². The number of nitrogens with zero attached hydrogens (tertiary/aromatic N) is 2. The van der Waals surface area contributed by atoms with Gasteiger partial charge < -0.3 is 5.11 Å². The van der Waals surface area contributed by atoms with Crippen molar-refractivity contribution in [1.82, 2.24) is 0 Å². The predicted molar refractivity (Wildman–Crippen MR) is 50.2 cm³/mol. The standard InChI is InChI=1S/C6H13NO3.CH3NO2/c1-6(2,3)5(8)4-7(9)10;1-2(3)4/h5,8H,4H2,1-3H3;1H3. The summed E-state index contributed by atoms with van der Waals surface area (Å²) < 4.78 is 0. The minimum Gasteiger partial charge on any atom is -0.386 e. The molecular formula is C7H16N2O5. The minimum atomic E-state index is -0.859. The monoisotopic (exact) mass is 208 g/mol. The molecule has 0 radical (unpaired) electrons. The summed E-state index contributed by atoms with van der Waals surface area (Å²) in [5.74, 6) is 0. The lowest BCUT2D eigenvalue weighted by Crippen LogP contribution is -2.32. The largest absolute Gasteiger partial charge is 0.386 e. The third kappa shape index (κ3) is 13.4. The summed E-state index contributed by atoms with van der Waals surface area (Å²) in [6.45, 7) is 4.92. The van der Waals surface area contributed by atoms with E-state index < -0.39 is 21.4 Å². The Morgan fingerprint density at radius 2 is 1.57 bits per heavy atom.